The number of aromatic nitrogens is 2. The molecule has 38 heavy (non-hydrogen) atoms. The van der Waals surface area contributed by atoms with Crippen LogP contribution in [0.15, 0.2) is 36.7 Å². The molecule has 2 saturated heterocycles. The van der Waals surface area contributed by atoms with Gasteiger partial charge in [-0.15, -0.1) is 0 Å². The third-order valence-corrected chi connectivity index (χ3v) is 8.38. The number of alkyl halides is 3. The number of likely N-dealkylation sites (tertiary alicyclic amines) is 2. The molecule has 3 fully saturated rings. The van der Waals surface area contributed by atoms with Crippen molar-refractivity contribution in [3.05, 3.63) is 47.8 Å². The maximum Gasteiger partial charge on any atom is 0.418 e. The van der Waals surface area contributed by atoms with E-state index in [2.05, 4.69) is 18.1 Å². The van der Waals surface area contributed by atoms with Gasteiger partial charge in [0.2, 0.25) is 5.91 Å². The van der Waals surface area contributed by atoms with Gasteiger partial charge in [0.05, 0.1) is 29.1 Å². The highest BCUT2D eigenvalue weighted by molar-refractivity contribution is 5.98. The Morgan fingerprint density at radius 2 is 1.89 bits per heavy atom. The van der Waals surface area contributed by atoms with Gasteiger partial charge in [-0.05, 0) is 42.7 Å². The Balaban J connectivity index is 1.47. The zero-order chi connectivity index (χ0) is 27.2. The monoisotopic (exact) mass is 527 g/mol. The van der Waals surface area contributed by atoms with E-state index in [1.807, 2.05) is 0 Å². The first kappa shape index (κ1) is 25.9. The quantitative estimate of drug-likeness (QED) is 0.565. The van der Waals surface area contributed by atoms with Crippen LogP contribution < -0.4 is 0 Å². The number of rotatable bonds is 4. The Labute approximate surface area is 218 Å². The number of amides is 2. The second kappa shape index (κ2) is 9.89. The molecule has 3 aliphatic rings. The van der Waals surface area contributed by atoms with Crippen LogP contribution in [0.2, 0.25) is 0 Å². The molecule has 1 aliphatic carbocycles. The van der Waals surface area contributed by atoms with Gasteiger partial charge < -0.3 is 14.6 Å². The minimum atomic E-state index is -4.60. The van der Waals surface area contributed by atoms with E-state index in [0.29, 0.717) is 6.54 Å². The van der Waals surface area contributed by atoms with Crippen LogP contribution in [0.1, 0.15) is 48.5 Å². The number of fused-ring (bicyclic) bond motifs is 1. The Morgan fingerprint density at radius 3 is 2.61 bits per heavy atom. The maximum atomic E-state index is 13.9. The lowest BCUT2D eigenvalue weighted by Gasteiger charge is -2.35. The van der Waals surface area contributed by atoms with Crippen molar-refractivity contribution in [3.63, 3.8) is 0 Å². The van der Waals surface area contributed by atoms with Gasteiger partial charge >= 0.3 is 6.18 Å². The zero-order valence-corrected chi connectivity index (χ0v) is 20.8. The minimum Gasteiger partial charge on any atom is -0.326 e. The molecular formula is C27H28F3N5O3. The SMILES string of the molecule is CC1CCCC2C1CN(C(=O)c1cnn(-c3ccccc3C(F)(F)F)c1)[C@@H]2C(=O)N1CC(C=O)CC1C#N. The van der Waals surface area contributed by atoms with Crippen LogP contribution in [-0.4, -0.2) is 62.9 Å². The summed E-state index contributed by atoms with van der Waals surface area (Å²) in [4.78, 5) is 42.0. The van der Waals surface area contributed by atoms with Crippen molar-refractivity contribution in [2.45, 2.75) is 50.9 Å². The summed E-state index contributed by atoms with van der Waals surface area (Å²) in [5.41, 5.74) is -1.00. The summed E-state index contributed by atoms with van der Waals surface area (Å²) in [5, 5.41) is 13.7. The maximum absolute atomic E-state index is 13.9. The van der Waals surface area contributed by atoms with Crippen LogP contribution in [-0.2, 0) is 15.8 Å². The summed E-state index contributed by atoms with van der Waals surface area (Å²) in [6.07, 6.45) is 1.56. The summed E-state index contributed by atoms with van der Waals surface area (Å²) in [7, 11) is 0. The molecule has 0 bridgehead atoms. The first-order chi connectivity index (χ1) is 18.1. The number of nitriles is 1. The Morgan fingerprint density at radius 1 is 1.13 bits per heavy atom. The molecule has 5 rings (SSSR count). The summed E-state index contributed by atoms with van der Waals surface area (Å²) < 4.78 is 41.7. The lowest BCUT2D eigenvalue weighted by molar-refractivity contribution is -0.138. The number of hydrogen-bond acceptors (Lipinski definition) is 5. The van der Waals surface area contributed by atoms with Gasteiger partial charge in [-0.2, -0.15) is 23.5 Å². The van der Waals surface area contributed by atoms with E-state index in [0.717, 1.165) is 36.3 Å². The fourth-order valence-corrected chi connectivity index (χ4v) is 6.48. The lowest BCUT2D eigenvalue weighted by Crippen LogP contribution is -2.51. The molecule has 1 aromatic carbocycles. The summed E-state index contributed by atoms with van der Waals surface area (Å²) in [5.74, 6) is -0.970. The molecule has 2 aromatic rings. The summed E-state index contributed by atoms with van der Waals surface area (Å²) in [6.45, 7) is 2.58. The van der Waals surface area contributed by atoms with Crippen LogP contribution in [0.3, 0.4) is 0 Å². The number of para-hydroxylation sites is 1. The molecule has 1 aromatic heterocycles. The molecule has 2 aliphatic heterocycles. The summed E-state index contributed by atoms with van der Waals surface area (Å²) in [6, 6.07) is 5.55. The van der Waals surface area contributed by atoms with Gasteiger partial charge in [-0.3, -0.25) is 9.59 Å². The van der Waals surface area contributed by atoms with Crippen LogP contribution in [0.5, 0.6) is 0 Å². The highest BCUT2D eigenvalue weighted by atomic mass is 19.4. The molecule has 200 valence electrons. The topological polar surface area (TPSA) is 99.3 Å². The Bertz CT molecular complexity index is 1290. The van der Waals surface area contributed by atoms with Crippen molar-refractivity contribution < 1.29 is 27.6 Å². The second-order valence-corrected chi connectivity index (χ2v) is 10.6. The second-order valence-electron chi connectivity index (χ2n) is 10.6. The predicted octanol–water partition coefficient (Wildman–Crippen LogP) is 3.71. The van der Waals surface area contributed by atoms with Crippen molar-refractivity contribution >= 4 is 18.1 Å². The van der Waals surface area contributed by atoms with E-state index in [9.17, 15) is 32.8 Å². The third-order valence-electron chi connectivity index (χ3n) is 8.38. The molecule has 11 heteroatoms. The lowest BCUT2D eigenvalue weighted by atomic mass is 9.72. The molecule has 3 heterocycles. The Hall–Kier alpha value is -3.68. The fraction of sp³-hybridized carbons (Fsp3) is 0.519. The van der Waals surface area contributed by atoms with E-state index in [1.54, 1.807) is 0 Å². The molecule has 6 atom stereocenters. The number of benzene rings is 1. The van der Waals surface area contributed by atoms with Gasteiger partial charge in [-0.25, -0.2) is 4.68 Å². The fourth-order valence-electron chi connectivity index (χ4n) is 6.48. The van der Waals surface area contributed by atoms with Gasteiger partial charge in [0, 0.05) is 25.2 Å². The molecule has 5 unspecified atom stereocenters. The van der Waals surface area contributed by atoms with Crippen molar-refractivity contribution in [3.8, 4) is 11.8 Å². The first-order valence-electron chi connectivity index (χ1n) is 12.8. The van der Waals surface area contributed by atoms with Crippen molar-refractivity contribution in [1.29, 1.82) is 5.26 Å². The average Bonchev–Trinajstić information content (AvgIpc) is 3.64. The van der Waals surface area contributed by atoms with E-state index in [-0.39, 0.29) is 47.9 Å². The van der Waals surface area contributed by atoms with Gasteiger partial charge in [0.15, 0.2) is 0 Å². The number of aldehydes is 1. The van der Waals surface area contributed by atoms with E-state index in [4.69, 9.17) is 0 Å². The minimum absolute atomic E-state index is 0.0788. The first-order valence-corrected chi connectivity index (χ1v) is 12.8. The molecular weight excluding hydrogens is 499 g/mol. The van der Waals surface area contributed by atoms with Crippen LogP contribution in [0, 0.1) is 35.0 Å². The van der Waals surface area contributed by atoms with Crippen molar-refractivity contribution in [2.24, 2.45) is 23.7 Å². The summed E-state index contributed by atoms with van der Waals surface area (Å²) >= 11 is 0. The number of hydrogen-bond donors (Lipinski definition) is 0. The zero-order valence-electron chi connectivity index (χ0n) is 20.8. The van der Waals surface area contributed by atoms with Crippen molar-refractivity contribution in [1.82, 2.24) is 19.6 Å². The number of halogens is 3. The smallest absolute Gasteiger partial charge is 0.326 e. The molecule has 2 amide bonds. The number of carbonyl (C=O) groups excluding carboxylic acids is 3. The standard InChI is InChI=1S/C27H28F3N5O3/c1-16-5-4-6-20-21(16)14-34(24(20)26(38)33-12-17(15-36)9-19(33)10-31)25(37)18-11-32-35(13-18)23-8-3-2-7-22(23)27(28,29)30/h2-3,7-8,11,13,15-17,19-21,24H,4-6,9,12,14H2,1H3/t16?,17?,19?,20?,21?,24-/m0/s1. The molecule has 1 saturated carbocycles. The van der Waals surface area contributed by atoms with Crippen molar-refractivity contribution in [2.75, 3.05) is 13.1 Å². The Kier molecular flexibility index (Phi) is 6.75. The molecule has 0 N–H and O–H groups in total. The largest absolute Gasteiger partial charge is 0.418 e. The van der Waals surface area contributed by atoms with E-state index < -0.39 is 35.6 Å². The van der Waals surface area contributed by atoms with E-state index >= 15 is 0 Å². The molecule has 0 radical (unpaired) electrons. The van der Waals surface area contributed by atoms with Gasteiger partial charge in [0.1, 0.15) is 18.4 Å². The molecule has 8 nitrogen and oxygen atoms in total. The highest BCUT2D eigenvalue weighted by Crippen LogP contribution is 2.45. The van der Waals surface area contributed by atoms with Crippen LogP contribution in [0.4, 0.5) is 13.2 Å². The highest BCUT2D eigenvalue weighted by Gasteiger charge is 2.53. The normalized spacial score (nSPS) is 29.1. The average molecular weight is 528 g/mol. The third kappa shape index (κ3) is 4.46. The van der Waals surface area contributed by atoms with Crippen LogP contribution in [0.25, 0.3) is 5.69 Å². The predicted molar refractivity (Wildman–Crippen MR) is 129 cm³/mol. The molecule has 0 spiro atoms. The van der Waals surface area contributed by atoms with Gasteiger partial charge in [0.25, 0.3) is 5.91 Å². The van der Waals surface area contributed by atoms with E-state index in [1.165, 1.54) is 40.4 Å². The number of nitrogens with zero attached hydrogens (tertiary/aromatic N) is 5. The van der Waals surface area contributed by atoms with Gasteiger partial charge in [-0.1, -0.05) is 31.9 Å². The number of carbonyl (C=O) groups is 3. The van der Waals surface area contributed by atoms with Crippen LogP contribution >= 0.6 is 0 Å².